The third-order valence-corrected chi connectivity index (χ3v) is 8.10. The zero-order valence-corrected chi connectivity index (χ0v) is 26.2. The fourth-order valence-corrected chi connectivity index (χ4v) is 5.66. The molecule has 0 amide bonds. The molecule has 12 heteroatoms. The number of aromatic amines is 1. The molecule has 0 radical (unpaired) electrons. The number of aromatic nitrogens is 2. The van der Waals surface area contributed by atoms with Gasteiger partial charge < -0.3 is 28.8 Å². The Morgan fingerprint density at radius 3 is 2.02 bits per heavy atom. The Morgan fingerprint density at radius 1 is 0.894 bits per heavy atom. The molecule has 0 aliphatic carbocycles. The predicted octanol–water partition coefficient (Wildman–Crippen LogP) is 3.94. The lowest BCUT2D eigenvalue weighted by Crippen LogP contribution is -2.39. The van der Waals surface area contributed by atoms with Crippen molar-refractivity contribution < 1.29 is 38.4 Å². The van der Waals surface area contributed by atoms with Crippen LogP contribution < -0.4 is 20.7 Å². The number of H-pyrrole nitrogens is 1. The number of carbonyl (C=O) groups excluding carboxylic acids is 1. The number of carboxylic acid groups (broad SMARTS) is 1. The number of methoxy groups -OCH3 is 2. The number of nitrogens with zero attached hydrogens (tertiary/aromatic N) is 1. The molecule has 2 heterocycles. The van der Waals surface area contributed by atoms with Crippen LogP contribution in [0.5, 0.6) is 11.5 Å². The van der Waals surface area contributed by atoms with E-state index in [9.17, 15) is 19.2 Å². The van der Waals surface area contributed by atoms with Gasteiger partial charge in [0.2, 0.25) is 0 Å². The SMILES string of the molecule is COc1ccc(C(OC[C@@H]2O[C@H](n3cc(C)c(=O)[nH]c3=O)C[C@H]2OC(=O)CCC(=O)O)(c2ccccc2)c2ccc(OC)cc2)cc1. The molecule has 246 valence electrons. The smallest absolute Gasteiger partial charge is 0.330 e. The van der Waals surface area contributed by atoms with Gasteiger partial charge in [-0.3, -0.25) is 23.9 Å². The first kappa shape index (κ1) is 33.2. The summed E-state index contributed by atoms with van der Waals surface area (Å²) in [6.45, 7) is 1.45. The van der Waals surface area contributed by atoms with Crippen LogP contribution in [0.1, 0.15) is 47.7 Å². The molecule has 1 aliphatic heterocycles. The number of aryl methyl sites for hydroxylation is 1. The van der Waals surface area contributed by atoms with Gasteiger partial charge in [0.25, 0.3) is 5.56 Å². The Hall–Kier alpha value is -5.20. The van der Waals surface area contributed by atoms with Crippen molar-refractivity contribution in [1.29, 1.82) is 0 Å². The topological polar surface area (TPSA) is 155 Å². The van der Waals surface area contributed by atoms with Gasteiger partial charge in [-0.15, -0.1) is 0 Å². The van der Waals surface area contributed by atoms with Crippen LogP contribution in [0.2, 0.25) is 0 Å². The minimum atomic E-state index is -1.20. The van der Waals surface area contributed by atoms with Crippen molar-refractivity contribution in [3.05, 3.63) is 128 Å². The van der Waals surface area contributed by atoms with E-state index < -0.39 is 53.6 Å². The summed E-state index contributed by atoms with van der Waals surface area (Å²) in [5.74, 6) is -0.551. The summed E-state index contributed by atoms with van der Waals surface area (Å²) in [6.07, 6.45) is -1.98. The molecule has 1 aliphatic rings. The van der Waals surface area contributed by atoms with Crippen LogP contribution in [0, 0.1) is 6.92 Å². The number of hydrogen-bond acceptors (Lipinski definition) is 9. The first-order valence-corrected chi connectivity index (χ1v) is 15.0. The molecule has 0 unspecified atom stereocenters. The van der Waals surface area contributed by atoms with Crippen molar-refractivity contribution in [2.75, 3.05) is 20.8 Å². The molecule has 2 N–H and O–H groups in total. The minimum Gasteiger partial charge on any atom is -0.497 e. The Bertz CT molecular complexity index is 1750. The summed E-state index contributed by atoms with van der Waals surface area (Å²) in [4.78, 5) is 50.9. The third kappa shape index (κ3) is 7.29. The van der Waals surface area contributed by atoms with Crippen molar-refractivity contribution in [3.8, 4) is 11.5 Å². The summed E-state index contributed by atoms with van der Waals surface area (Å²) in [6, 6.07) is 24.5. The quantitative estimate of drug-likeness (QED) is 0.162. The average molecular weight is 645 g/mol. The molecule has 0 bridgehead atoms. The summed E-state index contributed by atoms with van der Waals surface area (Å²) >= 11 is 0. The van der Waals surface area contributed by atoms with Gasteiger partial charge in [-0.2, -0.15) is 0 Å². The lowest BCUT2D eigenvalue weighted by atomic mass is 9.80. The summed E-state index contributed by atoms with van der Waals surface area (Å²) in [5.41, 5.74) is 0.228. The molecule has 1 aromatic heterocycles. The van der Waals surface area contributed by atoms with Crippen molar-refractivity contribution in [1.82, 2.24) is 9.55 Å². The van der Waals surface area contributed by atoms with Gasteiger partial charge in [0.05, 0.1) is 33.7 Å². The molecule has 1 fully saturated rings. The molecule has 47 heavy (non-hydrogen) atoms. The number of carboxylic acids is 1. The van der Waals surface area contributed by atoms with Gasteiger partial charge in [-0.1, -0.05) is 54.6 Å². The Morgan fingerprint density at radius 2 is 1.47 bits per heavy atom. The van der Waals surface area contributed by atoms with E-state index in [2.05, 4.69) is 4.98 Å². The van der Waals surface area contributed by atoms with E-state index in [1.54, 1.807) is 21.1 Å². The Kier molecular flexibility index (Phi) is 10.2. The van der Waals surface area contributed by atoms with Crippen LogP contribution in [0.3, 0.4) is 0 Å². The van der Waals surface area contributed by atoms with Crippen molar-refractivity contribution in [2.45, 2.75) is 50.2 Å². The molecule has 3 aromatic carbocycles. The summed E-state index contributed by atoms with van der Waals surface area (Å²) in [7, 11) is 3.17. The van der Waals surface area contributed by atoms with Crippen LogP contribution in [-0.4, -0.2) is 59.6 Å². The second-order valence-corrected chi connectivity index (χ2v) is 11.1. The second-order valence-electron chi connectivity index (χ2n) is 11.1. The summed E-state index contributed by atoms with van der Waals surface area (Å²) < 4.78 is 31.1. The predicted molar refractivity (Wildman–Crippen MR) is 170 cm³/mol. The average Bonchev–Trinajstić information content (AvgIpc) is 3.48. The number of ether oxygens (including phenoxy) is 5. The van der Waals surface area contributed by atoms with Gasteiger partial charge in [0.15, 0.2) is 0 Å². The highest BCUT2D eigenvalue weighted by Gasteiger charge is 2.44. The lowest BCUT2D eigenvalue weighted by molar-refractivity contribution is -0.157. The number of esters is 1. The molecule has 1 saturated heterocycles. The normalized spacial score (nSPS) is 17.6. The van der Waals surface area contributed by atoms with E-state index in [0.29, 0.717) is 17.1 Å². The third-order valence-electron chi connectivity index (χ3n) is 8.10. The molecule has 3 atom stereocenters. The summed E-state index contributed by atoms with van der Waals surface area (Å²) in [5, 5.41) is 9.07. The van der Waals surface area contributed by atoms with Gasteiger partial charge in [-0.25, -0.2) is 4.79 Å². The van der Waals surface area contributed by atoms with Crippen LogP contribution in [0.15, 0.2) is 94.6 Å². The van der Waals surface area contributed by atoms with Gasteiger partial charge in [0, 0.05) is 18.2 Å². The van der Waals surface area contributed by atoms with Gasteiger partial charge >= 0.3 is 17.6 Å². The molecular weight excluding hydrogens is 608 g/mol. The molecule has 5 rings (SSSR count). The number of rotatable bonds is 13. The van der Waals surface area contributed by atoms with Crippen LogP contribution in [0.4, 0.5) is 0 Å². The monoisotopic (exact) mass is 644 g/mol. The van der Waals surface area contributed by atoms with Crippen LogP contribution in [-0.2, 0) is 29.4 Å². The number of nitrogens with one attached hydrogen (secondary N) is 1. The van der Waals surface area contributed by atoms with Crippen molar-refractivity contribution in [2.24, 2.45) is 0 Å². The zero-order valence-electron chi connectivity index (χ0n) is 26.2. The van der Waals surface area contributed by atoms with Crippen LogP contribution >= 0.6 is 0 Å². The van der Waals surface area contributed by atoms with E-state index in [0.717, 1.165) is 16.7 Å². The van der Waals surface area contributed by atoms with Crippen molar-refractivity contribution in [3.63, 3.8) is 0 Å². The zero-order chi connectivity index (χ0) is 33.6. The fraction of sp³-hybridized carbons (Fsp3) is 0.314. The maximum Gasteiger partial charge on any atom is 0.330 e. The molecular formula is C35H36N2O10. The second kappa shape index (κ2) is 14.5. The largest absolute Gasteiger partial charge is 0.497 e. The highest BCUT2D eigenvalue weighted by molar-refractivity contribution is 5.76. The fourth-order valence-electron chi connectivity index (χ4n) is 5.66. The molecule has 0 spiro atoms. The van der Waals surface area contributed by atoms with Crippen LogP contribution in [0.25, 0.3) is 0 Å². The van der Waals surface area contributed by atoms with Crippen molar-refractivity contribution >= 4 is 11.9 Å². The highest BCUT2D eigenvalue weighted by atomic mass is 16.6. The first-order chi connectivity index (χ1) is 22.6. The molecule has 12 nitrogen and oxygen atoms in total. The number of carbonyl (C=O) groups is 2. The number of hydrogen-bond donors (Lipinski definition) is 2. The highest BCUT2D eigenvalue weighted by Crippen LogP contribution is 2.43. The standard InChI is InChI=1S/C35H36N2O10/c1-22-20-37(34(42)36-33(22)41)30-19-28(47-32(40)18-17-31(38)39)29(46-30)21-45-35(23-7-5-4-6-8-23,24-9-13-26(43-2)14-10-24)25-11-15-27(44-3)16-12-25/h4-16,20,28-30H,17-19,21H2,1-3H3,(H,38,39)(H,36,41,42)/t28-,29+,30+/m1/s1. The maximum atomic E-state index is 12.8. The van der Waals surface area contributed by atoms with E-state index in [-0.39, 0.29) is 19.4 Å². The number of aliphatic carboxylic acids is 1. The Balaban J connectivity index is 1.56. The van der Waals surface area contributed by atoms with E-state index >= 15 is 0 Å². The molecule has 4 aromatic rings. The first-order valence-electron chi connectivity index (χ1n) is 15.0. The van der Waals surface area contributed by atoms with Gasteiger partial charge in [0.1, 0.15) is 35.5 Å². The van der Waals surface area contributed by atoms with E-state index in [4.69, 9.17) is 28.8 Å². The number of benzene rings is 3. The van der Waals surface area contributed by atoms with Gasteiger partial charge in [-0.05, 0) is 47.9 Å². The van der Waals surface area contributed by atoms with E-state index in [1.807, 2.05) is 78.9 Å². The van der Waals surface area contributed by atoms with E-state index in [1.165, 1.54) is 10.8 Å². The Labute approximate surface area is 270 Å². The minimum absolute atomic E-state index is 0.0572. The molecule has 0 saturated carbocycles. The maximum absolute atomic E-state index is 12.8. The lowest BCUT2D eigenvalue weighted by Gasteiger charge is -2.37.